The number of aromatic nitrogens is 2. The average molecular weight is 417 g/mol. The molecular weight excluding hydrogens is 397 g/mol. The molecule has 8 heteroatoms. The van der Waals surface area contributed by atoms with Crippen LogP contribution >= 0.6 is 0 Å². The first kappa shape index (κ1) is 19.2. The molecule has 0 aliphatic carbocycles. The van der Waals surface area contributed by atoms with Crippen LogP contribution in [-0.4, -0.2) is 36.5 Å². The van der Waals surface area contributed by atoms with E-state index >= 15 is 0 Å². The number of nitrogens with zero attached hydrogens (tertiary/aromatic N) is 3. The fraction of sp³-hybridized carbons (Fsp3) is 0.217. The second kappa shape index (κ2) is 7.78. The van der Waals surface area contributed by atoms with E-state index in [0.29, 0.717) is 35.9 Å². The van der Waals surface area contributed by atoms with E-state index in [4.69, 9.17) is 15.2 Å². The van der Waals surface area contributed by atoms with Crippen molar-refractivity contribution in [2.45, 2.75) is 5.92 Å². The van der Waals surface area contributed by atoms with E-state index in [1.807, 2.05) is 24.3 Å². The number of aromatic amines is 1. The van der Waals surface area contributed by atoms with Crippen molar-refractivity contribution in [2.24, 2.45) is 5.73 Å². The summed E-state index contributed by atoms with van der Waals surface area (Å²) in [5, 5.41) is 17.1. The van der Waals surface area contributed by atoms with Crippen LogP contribution in [-0.2, 0) is 4.74 Å². The minimum absolute atomic E-state index is 0.0365. The first-order chi connectivity index (χ1) is 15.2. The fourth-order valence-corrected chi connectivity index (χ4v) is 4.11. The van der Waals surface area contributed by atoms with E-state index in [2.05, 4.69) is 21.2 Å². The summed E-state index contributed by atoms with van der Waals surface area (Å²) in [4.78, 5) is 2.26. The van der Waals surface area contributed by atoms with Crippen molar-refractivity contribution < 1.29 is 13.9 Å². The Hall–Kier alpha value is -3.83. The van der Waals surface area contributed by atoms with Gasteiger partial charge in [-0.15, -0.1) is 5.10 Å². The van der Waals surface area contributed by atoms with Gasteiger partial charge in [0.25, 0.3) is 0 Å². The minimum atomic E-state index is -0.453. The molecule has 31 heavy (non-hydrogen) atoms. The molecule has 1 atom stereocenters. The first-order valence-electron chi connectivity index (χ1n) is 10.00. The van der Waals surface area contributed by atoms with Gasteiger partial charge in [-0.3, -0.25) is 5.10 Å². The van der Waals surface area contributed by atoms with Crippen molar-refractivity contribution in [1.29, 1.82) is 5.26 Å². The van der Waals surface area contributed by atoms with Crippen molar-refractivity contribution in [2.75, 3.05) is 31.2 Å². The molecule has 1 aromatic heterocycles. The van der Waals surface area contributed by atoms with Crippen LogP contribution in [0, 0.1) is 17.1 Å². The van der Waals surface area contributed by atoms with Gasteiger partial charge in [0.2, 0.25) is 11.8 Å². The highest BCUT2D eigenvalue weighted by molar-refractivity contribution is 5.71. The Labute approximate surface area is 178 Å². The second-order valence-electron chi connectivity index (χ2n) is 7.44. The van der Waals surface area contributed by atoms with Gasteiger partial charge in [0.05, 0.1) is 30.4 Å². The van der Waals surface area contributed by atoms with Gasteiger partial charge < -0.3 is 20.1 Å². The Bertz CT molecular complexity index is 1170. The zero-order valence-electron chi connectivity index (χ0n) is 16.6. The third kappa shape index (κ3) is 3.39. The highest BCUT2D eigenvalue weighted by Crippen LogP contribution is 2.45. The zero-order chi connectivity index (χ0) is 21.4. The molecule has 2 aliphatic heterocycles. The monoisotopic (exact) mass is 417 g/mol. The number of nitriles is 1. The van der Waals surface area contributed by atoms with Crippen LogP contribution in [0.1, 0.15) is 17.0 Å². The Morgan fingerprint density at radius 1 is 1.10 bits per heavy atom. The smallest absolute Gasteiger partial charge is 0.244 e. The summed E-state index contributed by atoms with van der Waals surface area (Å²) in [6, 6.07) is 16.4. The molecule has 0 bridgehead atoms. The van der Waals surface area contributed by atoms with Crippen LogP contribution in [0.15, 0.2) is 60.0 Å². The molecule has 3 aromatic rings. The van der Waals surface area contributed by atoms with Crippen molar-refractivity contribution >= 4 is 5.69 Å². The van der Waals surface area contributed by atoms with Gasteiger partial charge in [-0.1, -0.05) is 12.1 Å². The van der Waals surface area contributed by atoms with Crippen LogP contribution in [0.25, 0.3) is 11.3 Å². The third-order valence-electron chi connectivity index (χ3n) is 5.67. The Morgan fingerprint density at radius 3 is 2.48 bits per heavy atom. The molecule has 5 rings (SSSR count). The van der Waals surface area contributed by atoms with E-state index in [1.165, 1.54) is 12.1 Å². The molecule has 3 heterocycles. The van der Waals surface area contributed by atoms with Gasteiger partial charge in [0.1, 0.15) is 17.5 Å². The number of morpholine rings is 1. The predicted molar refractivity (Wildman–Crippen MR) is 113 cm³/mol. The molecule has 2 aromatic carbocycles. The molecule has 156 valence electrons. The van der Waals surface area contributed by atoms with Crippen molar-refractivity contribution in [3.8, 4) is 23.2 Å². The van der Waals surface area contributed by atoms with Crippen LogP contribution in [0.5, 0.6) is 5.88 Å². The van der Waals surface area contributed by atoms with E-state index < -0.39 is 5.92 Å². The van der Waals surface area contributed by atoms with E-state index in [9.17, 15) is 9.65 Å². The first-order valence-corrected chi connectivity index (χ1v) is 10.00. The van der Waals surface area contributed by atoms with Crippen LogP contribution in [0.3, 0.4) is 0 Å². The normalized spacial score (nSPS) is 18.3. The lowest BCUT2D eigenvalue weighted by Crippen LogP contribution is -2.36. The summed E-state index contributed by atoms with van der Waals surface area (Å²) in [6.07, 6.45) is 0. The predicted octanol–water partition coefficient (Wildman–Crippen LogP) is 3.27. The molecule has 0 radical (unpaired) electrons. The number of nitrogens with two attached hydrogens (primary N) is 1. The number of rotatable bonds is 3. The number of benzene rings is 2. The quantitative estimate of drug-likeness (QED) is 0.679. The summed E-state index contributed by atoms with van der Waals surface area (Å²) in [5.41, 5.74) is 10.5. The molecule has 1 saturated heterocycles. The Balaban J connectivity index is 1.58. The molecule has 3 N–H and O–H groups in total. The summed E-state index contributed by atoms with van der Waals surface area (Å²) in [5.74, 6) is -0.427. The molecular formula is C23H20FN5O2. The zero-order valence-corrected chi connectivity index (χ0v) is 16.6. The van der Waals surface area contributed by atoms with Gasteiger partial charge in [-0.05, 0) is 42.0 Å². The van der Waals surface area contributed by atoms with E-state index in [0.717, 1.165) is 29.9 Å². The highest BCUT2D eigenvalue weighted by atomic mass is 19.1. The molecule has 2 aliphatic rings. The van der Waals surface area contributed by atoms with Crippen molar-refractivity contribution in [1.82, 2.24) is 10.2 Å². The Kier molecular flexibility index (Phi) is 4.81. The molecule has 7 nitrogen and oxygen atoms in total. The van der Waals surface area contributed by atoms with Crippen LogP contribution < -0.4 is 15.4 Å². The fourth-order valence-electron chi connectivity index (χ4n) is 4.11. The number of nitrogens with one attached hydrogen (secondary N) is 1. The molecule has 1 unspecified atom stereocenters. The lowest BCUT2D eigenvalue weighted by Gasteiger charge is -2.29. The van der Waals surface area contributed by atoms with E-state index in [-0.39, 0.29) is 11.7 Å². The Morgan fingerprint density at radius 2 is 1.81 bits per heavy atom. The second-order valence-corrected chi connectivity index (χ2v) is 7.44. The summed E-state index contributed by atoms with van der Waals surface area (Å²) in [7, 11) is 0. The highest BCUT2D eigenvalue weighted by Gasteiger charge is 2.35. The van der Waals surface area contributed by atoms with Crippen molar-refractivity contribution in [3.05, 3.63) is 76.9 Å². The number of halogens is 1. The van der Waals surface area contributed by atoms with Crippen molar-refractivity contribution in [3.63, 3.8) is 0 Å². The van der Waals surface area contributed by atoms with Crippen LogP contribution in [0.4, 0.5) is 10.1 Å². The standard InChI is InChI=1S/C23H20FN5O2/c24-16-5-1-15(2-6-16)21-20-19(18(13-25)22(26)31-23(20)28-27-21)14-3-7-17(8-4-14)29-9-11-30-12-10-29/h1-8,19H,9-12,26H2,(H,27,28). The lowest BCUT2D eigenvalue weighted by atomic mass is 9.83. The number of anilines is 1. The third-order valence-corrected chi connectivity index (χ3v) is 5.67. The topological polar surface area (TPSA) is 100 Å². The summed E-state index contributed by atoms with van der Waals surface area (Å²) >= 11 is 0. The number of hydrogen-bond acceptors (Lipinski definition) is 6. The van der Waals surface area contributed by atoms with Gasteiger partial charge in [-0.2, -0.15) is 5.26 Å². The lowest BCUT2D eigenvalue weighted by molar-refractivity contribution is 0.122. The molecule has 0 spiro atoms. The van der Waals surface area contributed by atoms with Crippen LogP contribution in [0.2, 0.25) is 0 Å². The minimum Gasteiger partial charge on any atom is -0.420 e. The maximum absolute atomic E-state index is 13.4. The SMILES string of the molecule is N#CC1=C(N)Oc2n[nH]c(-c3ccc(F)cc3)c2C1c1ccc(N2CCOCC2)cc1. The summed E-state index contributed by atoms with van der Waals surface area (Å²) in [6.45, 7) is 3.10. The van der Waals surface area contributed by atoms with Gasteiger partial charge in [-0.25, -0.2) is 4.39 Å². The number of fused-ring (bicyclic) bond motifs is 1. The molecule has 1 fully saturated rings. The average Bonchev–Trinajstić information content (AvgIpc) is 3.22. The molecule has 0 amide bonds. The van der Waals surface area contributed by atoms with Gasteiger partial charge in [0.15, 0.2) is 0 Å². The number of allylic oxidation sites excluding steroid dienone is 1. The van der Waals surface area contributed by atoms with Gasteiger partial charge in [0, 0.05) is 24.3 Å². The van der Waals surface area contributed by atoms with E-state index in [1.54, 1.807) is 12.1 Å². The maximum atomic E-state index is 13.4. The maximum Gasteiger partial charge on any atom is 0.244 e. The van der Waals surface area contributed by atoms with Gasteiger partial charge >= 0.3 is 0 Å². The number of ether oxygens (including phenoxy) is 2. The largest absolute Gasteiger partial charge is 0.420 e. The number of hydrogen-bond donors (Lipinski definition) is 2. The molecule has 0 saturated carbocycles. The number of H-pyrrole nitrogens is 1. The summed E-state index contributed by atoms with van der Waals surface area (Å²) < 4.78 is 24.5.